The van der Waals surface area contributed by atoms with Crippen LogP contribution in [0, 0.1) is 5.92 Å². The summed E-state index contributed by atoms with van der Waals surface area (Å²) in [6.07, 6.45) is 2.75. The van der Waals surface area contributed by atoms with Gasteiger partial charge >= 0.3 is 0 Å². The van der Waals surface area contributed by atoms with Crippen LogP contribution in [0.15, 0.2) is 18.2 Å². The van der Waals surface area contributed by atoms with Crippen LogP contribution < -0.4 is 10.6 Å². The normalized spacial score (nSPS) is 24.8. The van der Waals surface area contributed by atoms with Crippen LogP contribution in [0.25, 0.3) is 0 Å². The molecule has 0 unspecified atom stereocenters. The molecule has 0 amide bonds. The fourth-order valence-electron chi connectivity index (χ4n) is 2.04. The zero-order valence-electron chi connectivity index (χ0n) is 7.89. The molecule has 2 N–H and O–H groups in total. The summed E-state index contributed by atoms with van der Waals surface area (Å²) in [7, 11) is 0. The number of benzene rings is 1. The lowest BCUT2D eigenvalue weighted by molar-refractivity contribution is 0.653. The zero-order valence-corrected chi connectivity index (χ0v) is 8.64. The molecule has 1 heterocycles. The van der Waals surface area contributed by atoms with Gasteiger partial charge in [0.25, 0.3) is 0 Å². The predicted molar refractivity (Wildman–Crippen MR) is 60.1 cm³/mol. The van der Waals surface area contributed by atoms with Crippen LogP contribution in [0.2, 0.25) is 5.02 Å². The van der Waals surface area contributed by atoms with Crippen LogP contribution in [0.1, 0.15) is 12.8 Å². The quantitative estimate of drug-likeness (QED) is 0.742. The molecule has 1 aliphatic carbocycles. The van der Waals surface area contributed by atoms with Crippen molar-refractivity contribution < 1.29 is 0 Å². The van der Waals surface area contributed by atoms with Gasteiger partial charge in [-0.05, 0) is 37.0 Å². The van der Waals surface area contributed by atoms with E-state index in [4.69, 9.17) is 11.6 Å². The van der Waals surface area contributed by atoms with E-state index in [0.717, 1.165) is 23.2 Å². The number of halogens is 1. The zero-order chi connectivity index (χ0) is 9.54. The third-order valence-electron chi connectivity index (χ3n) is 3.03. The van der Waals surface area contributed by atoms with Gasteiger partial charge in [0.1, 0.15) is 0 Å². The van der Waals surface area contributed by atoms with Crippen molar-refractivity contribution >= 4 is 23.0 Å². The lowest BCUT2D eigenvalue weighted by atomic mass is 10.1. The molecule has 74 valence electrons. The van der Waals surface area contributed by atoms with Crippen LogP contribution in [0.4, 0.5) is 11.4 Å². The van der Waals surface area contributed by atoms with Crippen molar-refractivity contribution in [3.8, 4) is 0 Å². The number of rotatable bonds is 1. The van der Waals surface area contributed by atoms with Crippen molar-refractivity contribution in [3.05, 3.63) is 23.2 Å². The highest BCUT2D eigenvalue weighted by molar-refractivity contribution is 6.31. The first-order chi connectivity index (χ1) is 6.83. The van der Waals surface area contributed by atoms with Gasteiger partial charge in [0.05, 0.1) is 11.4 Å². The fourth-order valence-corrected chi connectivity index (χ4v) is 2.21. The minimum Gasteiger partial charge on any atom is -0.381 e. The highest BCUT2D eigenvalue weighted by Gasteiger charge is 2.33. The Labute approximate surface area is 88.6 Å². The maximum absolute atomic E-state index is 5.92. The molecule has 1 atom stereocenters. The molecule has 1 aromatic rings. The molecule has 1 fully saturated rings. The second-order valence-electron chi connectivity index (χ2n) is 4.16. The Kier molecular flexibility index (Phi) is 1.84. The molecule has 2 nitrogen and oxygen atoms in total. The Morgan fingerprint density at radius 2 is 2.07 bits per heavy atom. The van der Waals surface area contributed by atoms with E-state index in [1.54, 1.807) is 0 Å². The average Bonchev–Trinajstić information content (AvgIpc) is 3.00. The van der Waals surface area contributed by atoms with E-state index in [0.29, 0.717) is 6.04 Å². The highest BCUT2D eigenvalue weighted by atomic mass is 35.5. The summed E-state index contributed by atoms with van der Waals surface area (Å²) in [6, 6.07) is 6.58. The molecule has 0 radical (unpaired) electrons. The van der Waals surface area contributed by atoms with Gasteiger partial charge in [-0.2, -0.15) is 0 Å². The Hall–Kier alpha value is -0.890. The Morgan fingerprint density at radius 1 is 1.21 bits per heavy atom. The third-order valence-corrected chi connectivity index (χ3v) is 3.26. The summed E-state index contributed by atoms with van der Waals surface area (Å²) in [4.78, 5) is 0. The van der Waals surface area contributed by atoms with Crippen molar-refractivity contribution in [1.82, 2.24) is 0 Å². The molecule has 1 aromatic carbocycles. The lowest BCUT2D eigenvalue weighted by Gasteiger charge is -2.28. The molecule has 0 spiro atoms. The first-order valence-electron chi connectivity index (χ1n) is 5.13. The van der Waals surface area contributed by atoms with Gasteiger partial charge in [-0.25, -0.2) is 0 Å². The number of hydrogen-bond acceptors (Lipinski definition) is 2. The van der Waals surface area contributed by atoms with Gasteiger partial charge in [0, 0.05) is 17.6 Å². The molecule has 0 aromatic heterocycles. The van der Waals surface area contributed by atoms with E-state index in [1.807, 2.05) is 12.1 Å². The highest BCUT2D eigenvalue weighted by Crippen LogP contribution is 2.38. The number of hydrogen-bond donors (Lipinski definition) is 2. The molecule has 2 aliphatic rings. The van der Waals surface area contributed by atoms with Gasteiger partial charge in [0.2, 0.25) is 0 Å². The van der Waals surface area contributed by atoms with Crippen molar-refractivity contribution in [2.75, 3.05) is 17.2 Å². The van der Waals surface area contributed by atoms with E-state index in [-0.39, 0.29) is 0 Å². The monoisotopic (exact) mass is 208 g/mol. The maximum atomic E-state index is 5.92. The van der Waals surface area contributed by atoms with Crippen molar-refractivity contribution in [3.63, 3.8) is 0 Å². The molecule has 0 bridgehead atoms. The third kappa shape index (κ3) is 1.44. The molecule has 1 aliphatic heterocycles. The first-order valence-corrected chi connectivity index (χ1v) is 5.51. The molecule has 14 heavy (non-hydrogen) atoms. The van der Waals surface area contributed by atoms with E-state index < -0.39 is 0 Å². The van der Waals surface area contributed by atoms with Crippen LogP contribution in [-0.2, 0) is 0 Å². The van der Waals surface area contributed by atoms with Crippen molar-refractivity contribution in [2.45, 2.75) is 18.9 Å². The summed E-state index contributed by atoms with van der Waals surface area (Å²) in [5.41, 5.74) is 2.33. The van der Waals surface area contributed by atoms with Gasteiger partial charge in [-0.15, -0.1) is 0 Å². The lowest BCUT2D eigenvalue weighted by Crippen LogP contribution is -2.34. The molecule has 0 saturated heterocycles. The molecular formula is C11H13ClN2. The van der Waals surface area contributed by atoms with Gasteiger partial charge in [-0.1, -0.05) is 11.6 Å². The van der Waals surface area contributed by atoms with Crippen LogP contribution in [-0.4, -0.2) is 12.6 Å². The van der Waals surface area contributed by atoms with Crippen LogP contribution in [0.3, 0.4) is 0 Å². The van der Waals surface area contributed by atoms with E-state index >= 15 is 0 Å². The average molecular weight is 209 g/mol. The van der Waals surface area contributed by atoms with Gasteiger partial charge in [0.15, 0.2) is 0 Å². The van der Waals surface area contributed by atoms with Crippen molar-refractivity contribution in [1.29, 1.82) is 0 Å². The van der Waals surface area contributed by atoms with E-state index in [2.05, 4.69) is 16.7 Å². The van der Waals surface area contributed by atoms with E-state index in [9.17, 15) is 0 Å². The Morgan fingerprint density at radius 3 is 2.86 bits per heavy atom. The number of fused-ring (bicyclic) bond motifs is 1. The standard InChI is InChI=1S/C11H13ClN2/c12-8-3-4-9-10(5-8)13-6-11(14-9)7-1-2-7/h3-5,7,11,13-14H,1-2,6H2/t11-/m1/s1. The summed E-state index contributed by atoms with van der Waals surface area (Å²) in [5, 5.41) is 7.79. The molecule has 3 rings (SSSR count). The topological polar surface area (TPSA) is 24.1 Å². The minimum absolute atomic E-state index is 0.615. The summed E-state index contributed by atoms with van der Waals surface area (Å²) in [5.74, 6) is 0.881. The first kappa shape index (κ1) is 8.42. The smallest absolute Gasteiger partial charge is 0.0591 e. The van der Waals surface area contributed by atoms with Crippen LogP contribution >= 0.6 is 11.6 Å². The predicted octanol–water partition coefficient (Wildman–Crippen LogP) is 2.96. The Balaban J connectivity index is 1.86. The minimum atomic E-state index is 0.615. The van der Waals surface area contributed by atoms with Crippen molar-refractivity contribution in [2.24, 2.45) is 5.92 Å². The SMILES string of the molecule is Clc1ccc2c(c1)NC[C@H](C1CC1)N2. The van der Waals surface area contributed by atoms with E-state index in [1.165, 1.54) is 18.5 Å². The second kappa shape index (κ2) is 3.06. The van der Waals surface area contributed by atoms with Crippen LogP contribution in [0.5, 0.6) is 0 Å². The molecular weight excluding hydrogens is 196 g/mol. The fraction of sp³-hybridized carbons (Fsp3) is 0.455. The van der Waals surface area contributed by atoms with Gasteiger partial charge in [-0.3, -0.25) is 0 Å². The van der Waals surface area contributed by atoms with Gasteiger partial charge < -0.3 is 10.6 Å². The Bertz CT molecular complexity index is 360. The summed E-state index contributed by atoms with van der Waals surface area (Å²) in [6.45, 7) is 1.03. The molecule has 3 heteroatoms. The summed E-state index contributed by atoms with van der Waals surface area (Å²) >= 11 is 5.92. The molecule has 1 saturated carbocycles. The second-order valence-corrected chi connectivity index (χ2v) is 4.60. The number of nitrogens with one attached hydrogen (secondary N) is 2. The summed E-state index contributed by atoms with van der Waals surface area (Å²) < 4.78 is 0. The maximum Gasteiger partial charge on any atom is 0.0591 e. The largest absolute Gasteiger partial charge is 0.381 e. The number of anilines is 2.